The maximum atomic E-state index is 12.4. The smallest absolute Gasteiger partial charge is 0.198 e. The van der Waals surface area contributed by atoms with Crippen LogP contribution in [0.15, 0.2) is 18.2 Å². The molecule has 1 aliphatic carbocycles. The zero-order valence-electron chi connectivity index (χ0n) is 17.7. The Bertz CT molecular complexity index is 815. The van der Waals surface area contributed by atoms with E-state index in [-0.39, 0.29) is 5.41 Å². The van der Waals surface area contributed by atoms with Gasteiger partial charge in [-0.1, -0.05) is 40.0 Å². The number of hydrogen-bond donors (Lipinski definition) is 0. The lowest BCUT2D eigenvalue weighted by atomic mass is 9.88. The highest BCUT2D eigenvalue weighted by Gasteiger charge is 2.25. The fourth-order valence-electron chi connectivity index (χ4n) is 4.03. The number of imidazole rings is 1. The molecule has 150 valence electrons. The number of hydrogen-bond acceptors (Lipinski definition) is 2. The van der Waals surface area contributed by atoms with Crippen molar-refractivity contribution in [1.82, 2.24) is 13.9 Å². The van der Waals surface area contributed by atoms with Gasteiger partial charge in [-0.05, 0) is 37.0 Å². The summed E-state index contributed by atoms with van der Waals surface area (Å²) in [6, 6.07) is 6.29. The molecule has 1 atom stereocenters. The second-order valence-electron chi connectivity index (χ2n) is 9.01. The van der Waals surface area contributed by atoms with Crippen LogP contribution in [0.5, 0.6) is 0 Å². The van der Waals surface area contributed by atoms with Gasteiger partial charge in [0.25, 0.3) is 0 Å². The van der Waals surface area contributed by atoms with Crippen molar-refractivity contribution in [2.45, 2.75) is 64.8 Å². The van der Waals surface area contributed by atoms with Gasteiger partial charge in [-0.2, -0.15) is 0 Å². The zero-order valence-corrected chi connectivity index (χ0v) is 18.5. The van der Waals surface area contributed by atoms with E-state index in [9.17, 15) is 4.21 Å². The van der Waals surface area contributed by atoms with E-state index in [0.29, 0.717) is 0 Å². The lowest BCUT2D eigenvalue weighted by Crippen LogP contribution is -2.31. The van der Waals surface area contributed by atoms with Gasteiger partial charge >= 0.3 is 0 Å². The molecule has 1 aromatic heterocycles. The molecule has 1 saturated carbocycles. The lowest BCUT2D eigenvalue weighted by molar-refractivity contribution is 0.313. The Morgan fingerprint density at radius 2 is 1.81 bits per heavy atom. The largest absolute Gasteiger partial charge is 0.327 e. The molecule has 1 fully saturated rings. The molecule has 2 aromatic rings. The van der Waals surface area contributed by atoms with Crippen molar-refractivity contribution in [2.24, 2.45) is 5.92 Å². The zero-order chi connectivity index (χ0) is 19.8. The van der Waals surface area contributed by atoms with Gasteiger partial charge in [0.15, 0.2) is 11.2 Å². The molecule has 1 heterocycles. The molecule has 1 aliphatic rings. The Kier molecular flexibility index (Phi) is 5.96. The molecule has 3 rings (SSSR count). The van der Waals surface area contributed by atoms with E-state index in [1.807, 2.05) is 21.1 Å². The van der Waals surface area contributed by atoms with Crippen LogP contribution in [0.3, 0.4) is 0 Å². The molecular formula is C21H34N4OS. The van der Waals surface area contributed by atoms with Crippen LogP contribution in [-0.2, 0) is 23.1 Å². The topological polar surface area (TPSA) is 41.4 Å². The summed E-state index contributed by atoms with van der Waals surface area (Å²) in [4.78, 5) is 5.02. The Hall–Kier alpha value is -1.40. The normalized spacial score (nSPS) is 17.6. The molecule has 0 bridgehead atoms. The highest BCUT2D eigenvalue weighted by atomic mass is 32.2. The fraction of sp³-hybridized carbons (Fsp3) is 0.667. The maximum absolute atomic E-state index is 12.4. The molecule has 0 aliphatic heterocycles. The van der Waals surface area contributed by atoms with Gasteiger partial charge in [0.1, 0.15) is 5.82 Å². The second kappa shape index (κ2) is 7.92. The predicted molar refractivity (Wildman–Crippen MR) is 115 cm³/mol. The molecule has 1 aromatic carbocycles. The summed E-state index contributed by atoms with van der Waals surface area (Å²) in [6.45, 7) is 7.76. The third-order valence-electron chi connectivity index (χ3n) is 5.48. The van der Waals surface area contributed by atoms with Gasteiger partial charge in [-0.15, -0.1) is 0 Å². The monoisotopic (exact) mass is 390 g/mol. The molecule has 27 heavy (non-hydrogen) atoms. The number of rotatable bonds is 5. The van der Waals surface area contributed by atoms with E-state index in [0.717, 1.165) is 29.5 Å². The molecule has 6 heteroatoms. The minimum Gasteiger partial charge on any atom is -0.327 e. The van der Waals surface area contributed by atoms with Crippen LogP contribution in [0, 0.1) is 5.92 Å². The van der Waals surface area contributed by atoms with E-state index < -0.39 is 11.2 Å². The first-order valence-corrected chi connectivity index (χ1v) is 11.1. The summed E-state index contributed by atoms with van der Waals surface area (Å²) < 4.78 is 18.3. The standard InChI is InChI=1S/C21H34N4OS/c1-21(2,3)20-22-18-14-17(24(6)27(26)23(4)5)12-13-19(18)25(20)15-16-10-8-7-9-11-16/h12-14,16H,7-11,15H2,1-6H3. The highest BCUT2D eigenvalue weighted by Crippen LogP contribution is 2.32. The van der Waals surface area contributed by atoms with Gasteiger partial charge in [-0.25, -0.2) is 13.5 Å². The molecular weight excluding hydrogens is 356 g/mol. The summed E-state index contributed by atoms with van der Waals surface area (Å²) in [6.07, 6.45) is 6.74. The Morgan fingerprint density at radius 3 is 2.41 bits per heavy atom. The van der Waals surface area contributed by atoms with Crippen molar-refractivity contribution in [3.05, 3.63) is 24.0 Å². The Labute approximate surface area is 166 Å². The molecule has 0 N–H and O–H groups in total. The van der Waals surface area contributed by atoms with Crippen LogP contribution in [-0.4, -0.2) is 39.2 Å². The SMILES string of the molecule is CN(C)S(=O)N(C)c1ccc2c(c1)nc(C(C)(C)C)n2CC1CCCCC1. The summed E-state index contributed by atoms with van der Waals surface area (Å²) in [5.74, 6) is 1.90. The number of anilines is 1. The third kappa shape index (κ3) is 4.37. The maximum Gasteiger partial charge on any atom is 0.198 e. The average Bonchev–Trinajstić information content (AvgIpc) is 2.99. The van der Waals surface area contributed by atoms with Crippen molar-refractivity contribution in [3.8, 4) is 0 Å². The van der Waals surface area contributed by atoms with Crippen molar-refractivity contribution in [2.75, 3.05) is 25.4 Å². The van der Waals surface area contributed by atoms with E-state index >= 15 is 0 Å². The second-order valence-corrected chi connectivity index (χ2v) is 10.8. The Balaban J connectivity index is 2.01. The van der Waals surface area contributed by atoms with Crippen LogP contribution in [0.4, 0.5) is 5.69 Å². The van der Waals surface area contributed by atoms with E-state index in [1.165, 1.54) is 37.6 Å². The molecule has 0 spiro atoms. The molecule has 0 radical (unpaired) electrons. The van der Waals surface area contributed by atoms with Gasteiger partial charge in [0.05, 0.1) is 16.7 Å². The van der Waals surface area contributed by atoms with Crippen LogP contribution in [0.1, 0.15) is 58.7 Å². The van der Waals surface area contributed by atoms with Crippen molar-refractivity contribution in [1.29, 1.82) is 0 Å². The van der Waals surface area contributed by atoms with Gasteiger partial charge in [-0.3, -0.25) is 4.31 Å². The predicted octanol–water partition coefficient (Wildman–Crippen LogP) is 4.49. The van der Waals surface area contributed by atoms with Gasteiger partial charge in [0, 0.05) is 33.1 Å². The first-order valence-electron chi connectivity index (χ1n) is 10.0. The quantitative estimate of drug-likeness (QED) is 0.755. The average molecular weight is 391 g/mol. The van der Waals surface area contributed by atoms with E-state index in [2.05, 4.69) is 43.5 Å². The summed E-state index contributed by atoms with van der Waals surface area (Å²) in [7, 11) is 5.50. The molecule has 0 amide bonds. The highest BCUT2D eigenvalue weighted by molar-refractivity contribution is 7.84. The first kappa shape index (κ1) is 20.3. The summed E-state index contributed by atoms with van der Waals surface area (Å²) >= 11 is -1.20. The van der Waals surface area contributed by atoms with Crippen LogP contribution < -0.4 is 4.31 Å². The minimum absolute atomic E-state index is 0.00773. The molecule has 5 nitrogen and oxygen atoms in total. The Morgan fingerprint density at radius 1 is 1.15 bits per heavy atom. The van der Waals surface area contributed by atoms with Crippen molar-refractivity contribution in [3.63, 3.8) is 0 Å². The van der Waals surface area contributed by atoms with Crippen LogP contribution in [0.25, 0.3) is 11.0 Å². The van der Waals surface area contributed by atoms with Gasteiger partial charge < -0.3 is 4.57 Å². The van der Waals surface area contributed by atoms with E-state index in [1.54, 1.807) is 8.61 Å². The van der Waals surface area contributed by atoms with Crippen LogP contribution in [0.2, 0.25) is 0 Å². The molecule has 0 saturated heterocycles. The van der Waals surface area contributed by atoms with Gasteiger partial charge in [0.2, 0.25) is 0 Å². The van der Waals surface area contributed by atoms with Crippen LogP contribution >= 0.6 is 0 Å². The summed E-state index contributed by atoms with van der Waals surface area (Å²) in [5, 5.41) is 0. The number of fused-ring (bicyclic) bond motifs is 1. The van der Waals surface area contributed by atoms with E-state index in [4.69, 9.17) is 4.98 Å². The van der Waals surface area contributed by atoms with Crippen molar-refractivity contribution < 1.29 is 4.21 Å². The summed E-state index contributed by atoms with van der Waals surface area (Å²) in [5.41, 5.74) is 3.11. The fourth-order valence-corrected chi connectivity index (χ4v) is 4.82. The first-order chi connectivity index (χ1) is 12.7. The minimum atomic E-state index is -1.20. The molecule has 1 unspecified atom stereocenters. The van der Waals surface area contributed by atoms with Crippen molar-refractivity contribution >= 4 is 27.9 Å². The lowest BCUT2D eigenvalue weighted by Gasteiger charge is -2.26. The number of nitrogens with zero attached hydrogens (tertiary/aromatic N) is 4. The number of aromatic nitrogens is 2. The third-order valence-corrected chi connectivity index (χ3v) is 6.78. The number of benzene rings is 1.